The topological polar surface area (TPSA) is 67.4 Å². The first-order chi connectivity index (χ1) is 11.7. The molecule has 24 heavy (non-hydrogen) atoms. The predicted molar refractivity (Wildman–Crippen MR) is 93.3 cm³/mol. The molecule has 0 bridgehead atoms. The minimum atomic E-state index is 0.00784. The fourth-order valence-corrected chi connectivity index (χ4v) is 3.59. The maximum Gasteiger partial charge on any atom is 0.317 e. The van der Waals surface area contributed by atoms with Crippen molar-refractivity contribution in [2.24, 2.45) is 0 Å². The van der Waals surface area contributed by atoms with Gasteiger partial charge in [0, 0.05) is 55.7 Å². The molecule has 0 saturated carbocycles. The van der Waals surface area contributed by atoms with Crippen LogP contribution >= 0.6 is 11.3 Å². The number of amides is 2. The molecule has 7 heteroatoms. The number of hydrogen-bond acceptors (Lipinski definition) is 5. The van der Waals surface area contributed by atoms with Crippen molar-refractivity contribution >= 4 is 17.4 Å². The van der Waals surface area contributed by atoms with Gasteiger partial charge in [-0.2, -0.15) is 0 Å². The Balaban J connectivity index is 1.41. The summed E-state index contributed by atoms with van der Waals surface area (Å²) in [7, 11) is 0. The highest BCUT2D eigenvalue weighted by molar-refractivity contribution is 7.09. The quantitative estimate of drug-likeness (QED) is 0.904. The van der Waals surface area contributed by atoms with Gasteiger partial charge in [-0.1, -0.05) is 6.07 Å². The van der Waals surface area contributed by atoms with Crippen LogP contribution in [0.25, 0.3) is 0 Å². The largest absolute Gasteiger partial charge is 0.460 e. The monoisotopic (exact) mass is 346 g/mol. The van der Waals surface area contributed by atoms with Crippen molar-refractivity contribution in [2.75, 3.05) is 13.1 Å². The van der Waals surface area contributed by atoms with Gasteiger partial charge >= 0.3 is 12.0 Å². The van der Waals surface area contributed by atoms with Gasteiger partial charge in [0.2, 0.25) is 0 Å². The molecule has 0 radical (unpaired) electrons. The van der Waals surface area contributed by atoms with Gasteiger partial charge in [-0.3, -0.25) is 0 Å². The highest BCUT2D eigenvalue weighted by Crippen LogP contribution is 2.16. The average Bonchev–Trinajstić information content (AvgIpc) is 3.09. The van der Waals surface area contributed by atoms with E-state index in [-0.39, 0.29) is 18.2 Å². The second-order valence-electron chi connectivity index (χ2n) is 5.97. The number of piperidine rings is 1. The van der Waals surface area contributed by atoms with E-state index in [1.807, 2.05) is 17.9 Å². The average molecular weight is 346 g/mol. The standard InChI is InChI=1S/C17H22N4O2S/c1-13(12-15-4-2-11-24-15)20-17(22)21-9-5-14(6-10-21)23-16-18-7-3-8-19-16/h2-4,7-8,11,13-14H,5-6,9-10,12H2,1H3,(H,20,22)/t13-/m0/s1. The molecule has 2 amide bonds. The van der Waals surface area contributed by atoms with E-state index in [1.165, 1.54) is 4.88 Å². The second-order valence-corrected chi connectivity index (χ2v) is 7.00. The summed E-state index contributed by atoms with van der Waals surface area (Å²) in [6, 6.07) is 6.44. The summed E-state index contributed by atoms with van der Waals surface area (Å²) in [5, 5.41) is 5.14. The number of nitrogens with zero attached hydrogens (tertiary/aromatic N) is 3. The van der Waals surface area contributed by atoms with Crippen LogP contribution in [0, 0.1) is 0 Å². The Kier molecular flexibility index (Phi) is 5.63. The number of likely N-dealkylation sites (tertiary alicyclic amines) is 1. The van der Waals surface area contributed by atoms with Crippen molar-refractivity contribution in [2.45, 2.75) is 38.3 Å². The Hall–Kier alpha value is -2.15. The Morgan fingerprint density at radius 2 is 2.12 bits per heavy atom. The normalized spacial score (nSPS) is 16.6. The van der Waals surface area contributed by atoms with E-state index >= 15 is 0 Å². The van der Waals surface area contributed by atoms with Crippen molar-refractivity contribution in [3.63, 3.8) is 0 Å². The molecular formula is C17H22N4O2S. The molecule has 1 aliphatic heterocycles. The van der Waals surface area contributed by atoms with E-state index in [2.05, 4.69) is 26.7 Å². The highest BCUT2D eigenvalue weighted by atomic mass is 32.1. The van der Waals surface area contributed by atoms with Gasteiger partial charge in [0.15, 0.2) is 0 Å². The fourth-order valence-electron chi connectivity index (χ4n) is 2.76. The van der Waals surface area contributed by atoms with Gasteiger partial charge in [-0.05, 0) is 24.4 Å². The summed E-state index contributed by atoms with van der Waals surface area (Å²) in [4.78, 5) is 23.7. The van der Waals surface area contributed by atoms with Crippen molar-refractivity contribution in [1.82, 2.24) is 20.2 Å². The van der Waals surface area contributed by atoms with Crippen molar-refractivity contribution in [3.8, 4) is 6.01 Å². The van der Waals surface area contributed by atoms with E-state index < -0.39 is 0 Å². The van der Waals surface area contributed by atoms with E-state index in [0.717, 1.165) is 19.3 Å². The zero-order valence-corrected chi connectivity index (χ0v) is 14.5. The van der Waals surface area contributed by atoms with Crippen LogP contribution in [0.4, 0.5) is 4.79 Å². The molecule has 0 unspecified atom stereocenters. The zero-order valence-electron chi connectivity index (χ0n) is 13.7. The predicted octanol–water partition coefficient (Wildman–Crippen LogP) is 2.72. The van der Waals surface area contributed by atoms with Crippen LogP contribution in [0.5, 0.6) is 6.01 Å². The van der Waals surface area contributed by atoms with Crippen LogP contribution in [-0.2, 0) is 6.42 Å². The molecule has 1 aliphatic rings. The van der Waals surface area contributed by atoms with Crippen molar-refractivity contribution in [3.05, 3.63) is 40.8 Å². The van der Waals surface area contributed by atoms with Gasteiger partial charge in [-0.25, -0.2) is 14.8 Å². The zero-order chi connectivity index (χ0) is 16.8. The Morgan fingerprint density at radius 1 is 1.38 bits per heavy atom. The molecule has 128 valence electrons. The van der Waals surface area contributed by atoms with E-state index in [4.69, 9.17) is 4.74 Å². The van der Waals surface area contributed by atoms with Gasteiger partial charge in [0.05, 0.1) is 0 Å². The molecule has 0 aromatic carbocycles. The van der Waals surface area contributed by atoms with Crippen LogP contribution < -0.4 is 10.1 Å². The number of rotatable bonds is 5. The van der Waals surface area contributed by atoms with Gasteiger partial charge in [0.25, 0.3) is 0 Å². The first-order valence-corrected chi connectivity index (χ1v) is 9.10. The number of carbonyl (C=O) groups is 1. The molecule has 2 aromatic rings. The minimum absolute atomic E-state index is 0.00784. The summed E-state index contributed by atoms with van der Waals surface area (Å²) < 4.78 is 5.76. The van der Waals surface area contributed by atoms with Crippen LogP contribution in [0.2, 0.25) is 0 Å². The third kappa shape index (κ3) is 4.67. The lowest BCUT2D eigenvalue weighted by Gasteiger charge is -2.32. The smallest absolute Gasteiger partial charge is 0.317 e. The van der Waals surface area contributed by atoms with Gasteiger partial charge < -0.3 is 15.0 Å². The first-order valence-electron chi connectivity index (χ1n) is 8.22. The highest BCUT2D eigenvalue weighted by Gasteiger charge is 2.25. The third-order valence-electron chi connectivity index (χ3n) is 4.00. The lowest BCUT2D eigenvalue weighted by Crippen LogP contribution is -2.49. The molecule has 1 N–H and O–H groups in total. The Bertz CT molecular complexity index is 627. The molecule has 0 aliphatic carbocycles. The molecular weight excluding hydrogens is 324 g/mol. The fraction of sp³-hybridized carbons (Fsp3) is 0.471. The van der Waals surface area contributed by atoms with E-state index in [1.54, 1.807) is 29.8 Å². The molecule has 3 heterocycles. The van der Waals surface area contributed by atoms with Crippen LogP contribution in [-0.4, -0.2) is 46.1 Å². The summed E-state index contributed by atoms with van der Waals surface area (Å²) in [5.41, 5.74) is 0. The maximum atomic E-state index is 12.4. The second kappa shape index (κ2) is 8.10. The van der Waals surface area contributed by atoms with Crippen LogP contribution in [0.15, 0.2) is 36.0 Å². The summed E-state index contributed by atoms with van der Waals surface area (Å²) in [6.45, 7) is 3.42. The number of thiophene rings is 1. The van der Waals surface area contributed by atoms with Crippen LogP contribution in [0.3, 0.4) is 0 Å². The number of urea groups is 1. The molecule has 1 fully saturated rings. The summed E-state index contributed by atoms with van der Waals surface area (Å²) in [5.74, 6) is 0. The number of aromatic nitrogens is 2. The Morgan fingerprint density at radius 3 is 2.79 bits per heavy atom. The molecule has 0 spiro atoms. The first kappa shape index (κ1) is 16.7. The number of nitrogens with one attached hydrogen (secondary N) is 1. The van der Waals surface area contributed by atoms with E-state index in [9.17, 15) is 4.79 Å². The molecule has 2 aromatic heterocycles. The van der Waals surface area contributed by atoms with E-state index in [0.29, 0.717) is 19.1 Å². The lowest BCUT2D eigenvalue weighted by atomic mass is 10.1. The minimum Gasteiger partial charge on any atom is -0.460 e. The number of ether oxygens (including phenoxy) is 1. The lowest BCUT2D eigenvalue weighted by molar-refractivity contribution is 0.102. The molecule has 1 atom stereocenters. The van der Waals surface area contributed by atoms with Crippen molar-refractivity contribution in [1.29, 1.82) is 0 Å². The molecule has 6 nitrogen and oxygen atoms in total. The number of hydrogen-bond donors (Lipinski definition) is 1. The van der Waals surface area contributed by atoms with Crippen LogP contribution in [0.1, 0.15) is 24.6 Å². The molecule has 1 saturated heterocycles. The van der Waals surface area contributed by atoms with Crippen molar-refractivity contribution < 1.29 is 9.53 Å². The molecule has 3 rings (SSSR count). The van der Waals surface area contributed by atoms with Gasteiger partial charge in [-0.15, -0.1) is 11.3 Å². The van der Waals surface area contributed by atoms with Gasteiger partial charge in [0.1, 0.15) is 6.10 Å². The number of carbonyl (C=O) groups excluding carboxylic acids is 1. The SMILES string of the molecule is C[C@@H](Cc1cccs1)NC(=O)N1CCC(Oc2ncccn2)CC1. The Labute approximate surface area is 145 Å². The third-order valence-corrected chi connectivity index (χ3v) is 4.90. The summed E-state index contributed by atoms with van der Waals surface area (Å²) in [6.07, 6.45) is 5.87. The summed E-state index contributed by atoms with van der Waals surface area (Å²) >= 11 is 1.72. The maximum absolute atomic E-state index is 12.4.